The van der Waals surface area contributed by atoms with Crippen molar-refractivity contribution in [1.82, 2.24) is 0 Å². The van der Waals surface area contributed by atoms with Crippen molar-refractivity contribution in [3.05, 3.63) is 23.4 Å². The van der Waals surface area contributed by atoms with Crippen molar-refractivity contribution in [3.63, 3.8) is 0 Å². The highest BCUT2D eigenvalue weighted by Gasteiger charge is 2.31. The van der Waals surface area contributed by atoms with E-state index in [4.69, 9.17) is 0 Å². The molecule has 0 aliphatic rings. The summed E-state index contributed by atoms with van der Waals surface area (Å²) in [4.78, 5) is 10.8. The van der Waals surface area contributed by atoms with Crippen LogP contribution in [0.4, 0.5) is 13.2 Å². The minimum Gasteiger partial charge on any atom is -0.395 e. The van der Waals surface area contributed by atoms with Crippen LogP contribution < -0.4 is 5.73 Å². The molecule has 2 N–H and O–H groups in total. The predicted molar refractivity (Wildman–Crippen MR) is 42.8 cm³/mol. The third kappa shape index (κ3) is 5.05. The molecule has 0 aromatic carbocycles. The predicted octanol–water partition coefficient (Wildman–Crippen LogP) is 1.93. The van der Waals surface area contributed by atoms with Crippen molar-refractivity contribution >= 4 is 5.78 Å². The topological polar surface area (TPSA) is 43.1 Å². The van der Waals surface area contributed by atoms with E-state index in [2.05, 4.69) is 5.73 Å². The van der Waals surface area contributed by atoms with Gasteiger partial charge < -0.3 is 5.73 Å². The van der Waals surface area contributed by atoms with E-state index in [1.165, 1.54) is 0 Å². The highest BCUT2D eigenvalue weighted by atomic mass is 19.4. The Morgan fingerprint density at radius 3 is 2.00 bits per heavy atom. The maximum absolute atomic E-state index is 11.8. The van der Waals surface area contributed by atoms with Crippen LogP contribution in [-0.4, -0.2) is 12.0 Å². The fourth-order valence-corrected chi connectivity index (χ4v) is 0.561. The van der Waals surface area contributed by atoms with Crippen molar-refractivity contribution in [3.8, 4) is 0 Å². The van der Waals surface area contributed by atoms with E-state index < -0.39 is 17.7 Å². The molecule has 0 spiro atoms. The number of alkyl halides is 3. The molecule has 0 radical (unpaired) electrons. The molecule has 5 heteroatoms. The van der Waals surface area contributed by atoms with Crippen LogP contribution in [-0.2, 0) is 4.79 Å². The van der Waals surface area contributed by atoms with Crippen LogP contribution in [0.1, 0.15) is 13.8 Å². The van der Waals surface area contributed by atoms with Gasteiger partial charge in [0.1, 0.15) is 5.70 Å². The van der Waals surface area contributed by atoms with E-state index >= 15 is 0 Å². The number of allylic oxidation sites excluding steroid dienone is 4. The molecule has 0 aliphatic heterocycles. The third-order valence-electron chi connectivity index (χ3n) is 1.06. The lowest BCUT2D eigenvalue weighted by Crippen LogP contribution is -2.20. The van der Waals surface area contributed by atoms with Crippen molar-refractivity contribution in [2.24, 2.45) is 5.73 Å². The van der Waals surface area contributed by atoms with Gasteiger partial charge in [-0.15, -0.1) is 0 Å². The molecule has 0 rings (SSSR count). The Labute approximate surface area is 73.9 Å². The van der Waals surface area contributed by atoms with Crippen LogP contribution in [0.3, 0.4) is 0 Å². The Morgan fingerprint density at radius 2 is 1.69 bits per heavy atom. The summed E-state index contributed by atoms with van der Waals surface area (Å²) >= 11 is 0. The monoisotopic (exact) mass is 193 g/mol. The maximum atomic E-state index is 11.8. The van der Waals surface area contributed by atoms with Crippen LogP contribution in [0.2, 0.25) is 0 Å². The van der Waals surface area contributed by atoms with Crippen molar-refractivity contribution in [1.29, 1.82) is 0 Å². The molecule has 0 aromatic heterocycles. The van der Waals surface area contributed by atoms with Gasteiger partial charge in [-0.05, 0) is 19.9 Å². The number of rotatable bonds is 2. The Kier molecular flexibility index (Phi) is 3.71. The lowest BCUT2D eigenvalue weighted by molar-refractivity contribution is -0.112. The molecule has 0 bridgehead atoms. The average molecular weight is 193 g/mol. The second-order valence-electron chi connectivity index (χ2n) is 2.72. The van der Waals surface area contributed by atoms with Crippen molar-refractivity contribution in [2.45, 2.75) is 20.0 Å². The number of carbonyl (C=O) groups excluding carboxylic acids is 1. The molecular formula is C8H10F3NO. The minimum absolute atomic E-state index is 0.368. The molecule has 2 nitrogen and oxygen atoms in total. The van der Waals surface area contributed by atoms with Gasteiger partial charge in [0.15, 0.2) is 5.78 Å². The lowest BCUT2D eigenvalue weighted by Gasteiger charge is -2.04. The van der Waals surface area contributed by atoms with Gasteiger partial charge in [0, 0.05) is 6.08 Å². The SMILES string of the molecule is CC(C)=CC(=O)/C=C(\N)C(F)(F)F. The first-order valence-corrected chi connectivity index (χ1v) is 3.46. The van der Waals surface area contributed by atoms with Crippen LogP contribution >= 0.6 is 0 Å². The minimum atomic E-state index is -4.63. The molecular weight excluding hydrogens is 183 g/mol. The normalized spacial score (nSPS) is 12.5. The molecule has 0 unspecified atom stereocenters. The standard InChI is InChI=1S/C8H10F3NO/c1-5(2)3-6(13)4-7(12)8(9,10)11/h3-4H,12H2,1-2H3/b7-4-. The molecule has 0 saturated carbocycles. The summed E-state index contributed by atoms with van der Waals surface area (Å²) in [6, 6.07) is 0. The van der Waals surface area contributed by atoms with E-state index in [0.717, 1.165) is 6.08 Å². The first-order valence-electron chi connectivity index (χ1n) is 3.46. The maximum Gasteiger partial charge on any atom is 0.430 e. The van der Waals surface area contributed by atoms with Crippen LogP contribution in [0.5, 0.6) is 0 Å². The summed E-state index contributed by atoms with van der Waals surface area (Å²) in [5.41, 5.74) is 3.86. The molecule has 0 fully saturated rings. The number of halogens is 3. The second-order valence-corrected chi connectivity index (χ2v) is 2.72. The quantitative estimate of drug-likeness (QED) is 0.681. The molecule has 13 heavy (non-hydrogen) atoms. The summed E-state index contributed by atoms with van der Waals surface area (Å²) in [7, 11) is 0. The van der Waals surface area contributed by atoms with E-state index in [9.17, 15) is 18.0 Å². The Balaban J connectivity index is 4.60. The number of nitrogens with two attached hydrogens (primary N) is 1. The van der Waals surface area contributed by atoms with E-state index in [-0.39, 0.29) is 0 Å². The highest BCUT2D eigenvalue weighted by Crippen LogP contribution is 2.21. The second kappa shape index (κ2) is 4.11. The van der Waals surface area contributed by atoms with E-state index in [1.807, 2.05) is 0 Å². The van der Waals surface area contributed by atoms with Gasteiger partial charge in [-0.25, -0.2) is 0 Å². The fraction of sp³-hybridized carbons (Fsp3) is 0.375. The van der Waals surface area contributed by atoms with Crippen LogP contribution in [0.15, 0.2) is 23.4 Å². The lowest BCUT2D eigenvalue weighted by atomic mass is 10.2. The van der Waals surface area contributed by atoms with Gasteiger partial charge in [0.05, 0.1) is 0 Å². The van der Waals surface area contributed by atoms with Crippen molar-refractivity contribution < 1.29 is 18.0 Å². The number of carbonyl (C=O) groups is 1. The van der Waals surface area contributed by atoms with E-state index in [0.29, 0.717) is 11.6 Å². The first kappa shape index (κ1) is 11.7. The fourth-order valence-electron chi connectivity index (χ4n) is 0.561. The zero-order valence-electron chi connectivity index (χ0n) is 7.27. The van der Waals surface area contributed by atoms with Crippen LogP contribution in [0.25, 0.3) is 0 Å². The molecule has 0 aliphatic carbocycles. The summed E-state index contributed by atoms with van der Waals surface area (Å²) < 4.78 is 35.3. The zero-order chi connectivity index (χ0) is 10.6. The number of ketones is 1. The van der Waals surface area contributed by atoms with Crippen LogP contribution in [0, 0.1) is 0 Å². The number of hydrogen-bond acceptors (Lipinski definition) is 2. The number of hydrogen-bond donors (Lipinski definition) is 1. The average Bonchev–Trinajstić information content (AvgIpc) is 1.82. The zero-order valence-corrected chi connectivity index (χ0v) is 7.27. The smallest absolute Gasteiger partial charge is 0.395 e. The summed E-state index contributed by atoms with van der Waals surface area (Å²) in [5, 5.41) is 0. The van der Waals surface area contributed by atoms with Gasteiger partial charge in [-0.3, -0.25) is 4.79 Å². The van der Waals surface area contributed by atoms with Gasteiger partial charge in [-0.1, -0.05) is 5.57 Å². The van der Waals surface area contributed by atoms with E-state index in [1.54, 1.807) is 13.8 Å². The molecule has 0 amide bonds. The van der Waals surface area contributed by atoms with Gasteiger partial charge in [0.2, 0.25) is 0 Å². The Hall–Kier alpha value is -1.26. The molecule has 0 heterocycles. The molecule has 0 saturated heterocycles. The van der Waals surface area contributed by atoms with Crippen molar-refractivity contribution in [2.75, 3.05) is 0 Å². The first-order chi connectivity index (χ1) is 5.73. The van der Waals surface area contributed by atoms with Gasteiger partial charge in [-0.2, -0.15) is 13.2 Å². The van der Waals surface area contributed by atoms with Gasteiger partial charge >= 0.3 is 6.18 Å². The largest absolute Gasteiger partial charge is 0.430 e. The third-order valence-corrected chi connectivity index (χ3v) is 1.06. The summed E-state index contributed by atoms with van der Waals surface area (Å²) in [6.07, 6.45) is -3.18. The highest BCUT2D eigenvalue weighted by molar-refractivity contribution is 6.00. The summed E-state index contributed by atoms with van der Waals surface area (Å²) in [5.74, 6) is -0.755. The molecule has 0 aromatic rings. The Morgan fingerprint density at radius 1 is 1.23 bits per heavy atom. The summed E-state index contributed by atoms with van der Waals surface area (Å²) in [6.45, 7) is 3.21. The van der Waals surface area contributed by atoms with Gasteiger partial charge in [0.25, 0.3) is 0 Å². The molecule has 74 valence electrons. The Bertz CT molecular complexity index is 259. The molecule has 0 atom stereocenters.